The number of carbonyl (C=O) groups is 4. The van der Waals surface area contributed by atoms with Crippen molar-refractivity contribution in [2.24, 2.45) is 0 Å². The van der Waals surface area contributed by atoms with Crippen LogP contribution in [0.3, 0.4) is 0 Å². The molecular weight excluding hydrogens is 647 g/mol. The lowest BCUT2D eigenvalue weighted by atomic mass is 10.1. The van der Waals surface area contributed by atoms with E-state index in [1.165, 1.54) is 14.2 Å². The Bertz CT molecular complexity index is 1760. The third kappa shape index (κ3) is 8.48. The number of nitrogens with one attached hydrogen (secondary N) is 2. The van der Waals surface area contributed by atoms with E-state index in [1.54, 1.807) is 43.5 Å². The van der Waals surface area contributed by atoms with Gasteiger partial charge in [-0.3, -0.25) is 14.2 Å². The summed E-state index contributed by atoms with van der Waals surface area (Å²) in [5.41, 5.74) is 2.54. The number of aromatic nitrogens is 3. The molecule has 0 fully saturated rings. The van der Waals surface area contributed by atoms with Gasteiger partial charge in [-0.05, 0) is 63.1 Å². The highest BCUT2D eigenvalue weighted by molar-refractivity contribution is 7.99. The lowest BCUT2D eigenvalue weighted by molar-refractivity contribution is -0.113. The van der Waals surface area contributed by atoms with Crippen molar-refractivity contribution in [1.82, 2.24) is 20.1 Å². The van der Waals surface area contributed by atoms with Crippen LogP contribution in [0.4, 0.5) is 5.00 Å². The molecule has 47 heavy (non-hydrogen) atoms. The number of nitrogens with zero attached hydrogens (tertiary/aromatic N) is 3. The summed E-state index contributed by atoms with van der Waals surface area (Å²) in [6, 6.07) is 12.5. The highest BCUT2D eigenvalue weighted by atomic mass is 32.2. The molecule has 4 aromatic rings. The molecule has 2 aromatic heterocycles. The van der Waals surface area contributed by atoms with Crippen LogP contribution in [0.5, 0.6) is 11.5 Å². The summed E-state index contributed by atoms with van der Waals surface area (Å²) in [6.45, 7) is 7.21. The van der Waals surface area contributed by atoms with E-state index in [2.05, 4.69) is 20.8 Å². The van der Waals surface area contributed by atoms with Crippen LogP contribution in [-0.4, -0.2) is 71.7 Å². The van der Waals surface area contributed by atoms with Gasteiger partial charge in [0.1, 0.15) is 21.4 Å². The van der Waals surface area contributed by atoms with Gasteiger partial charge in [-0.15, -0.1) is 21.5 Å². The molecule has 0 radical (unpaired) electrons. The number of carbonyl (C=O) groups excluding carboxylic acids is 4. The summed E-state index contributed by atoms with van der Waals surface area (Å²) in [5.74, 6) is -0.798. The topological polar surface area (TPSA) is 160 Å². The number of ether oxygens (including phenoxy) is 4. The van der Waals surface area contributed by atoms with Crippen LogP contribution in [0, 0.1) is 13.8 Å². The van der Waals surface area contributed by atoms with Crippen molar-refractivity contribution < 1.29 is 38.1 Å². The largest absolute Gasteiger partial charge is 0.497 e. The van der Waals surface area contributed by atoms with Gasteiger partial charge in [-0.2, -0.15) is 0 Å². The molecule has 0 unspecified atom stereocenters. The molecule has 248 valence electrons. The fourth-order valence-electron chi connectivity index (χ4n) is 4.47. The summed E-state index contributed by atoms with van der Waals surface area (Å²) in [7, 11) is 3.00. The minimum absolute atomic E-state index is 0.0278. The van der Waals surface area contributed by atoms with Crippen molar-refractivity contribution in [2.45, 2.75) is 39.4 Å². The Kier molecular flexibility index (Phi) is 12.0. The first-order chi connectivity index (χ1) is 22.6. The number of rotatable bonds is 14. The molecule has 0 saturated heterocycles. The molecule has 0 bridgehead atoms. The quantitative estimate of drug-likeness (QED) is 0.137. The number of thiophene rings is 1. The first-order valence-electron chi connectivity index (χ1n) is 14.5. The van der Waals surface area contributed by atoms with Gasteiger partial charge >= 0.3 is 11.9 Å². The number of benzene rings is 2. The van der Waals surface area contributed by atoms with Crippen LogP contribution < -0.4 is 20.1 Å². The summed E-state index contributed by atoms with van der Waals surface area (Å²) >= 11 is 2.07. The van der Waals surface area contributed by atoms with E-state index >= 15 is 0 Å². The summed E-state index contributed by atoms with van der Waals surface area (Å²) in [4.78, 5) is 51.7. The maximum absolute atomic E-state index is 13.2. The van der Waals surface area contributed by atoms with Gasteiger partial charge in [0.25, 0.3) is 5.91 Å². The van der Waals surface area contributed by atoms with Crippen LogP contribution in [0.1, 0.15) is 61.2 Å². The van der Waals surface area contributed by atoms with Crippen LogP contribution in [-0.2, 0) is 20.8 Å². The van der Waals surface area contributed by atoms with Gasteiger partial charge in [0.05, 0.1) is 45.3 Å². The van der Waals surface area contributed by atoms with Crippen LogP contribution in [0.2, 0.25) is 0 Å². The van der Waals surface area contributed by atoms with Gasteiger partial charge in [-0.25, -0.2) is 9.59 Å². The van der Waals surface area contributed by atoms with E-state index in [4.69, 9.17) is 18.9 Å². The number of thioether (sulfide) groups is 1. The second-order valence-electron chi connectivity index (χ2n) is 9.90. The molecule has 13 nitrogen and oxygen atoms in total. The Labute approximate surface area is 280 Å². The number of methoxy groups -OCH3 is 2. The van der Waals surface area contributed by atoms with E-state index in [0.717, 1.165) is 34.3 Å². The third-order valence-corrected chi connectivity index (χ3v) is 8.77. The lowest BCUT2D eigenvalue weighted by Crippen LogP contribution is -2.24. The van der Waals surface area contributed by atoms with Crippen molar-refractivity contribution >= 4 is 51.9 Å². The summed E-state index contributed by atoms with van der Waals surface area (Å²) in [6.07, 6.45) is 0. The number of anilines is 1. The standard InChI is InChI=1S/C32H35N5O8S2/c1-7-44-30(40)26-19(4)27(31(41)45-8-2)47-29(26)34-25(38)17-46-32-36-35-24(37(32)21-11-9-10-18(3)12-21)16-33-28(39)20-13-22(42-5)15-23(14-20)43-6/h9-15H,7-8,16-17H2,1-6H3,(H,33,39)(H,34,38). The minimum atomic E-state index is -0.655. The Morgan fingerprint density at radius 1 is 0.915 bits per heavy atom. The fourth-order valence-corrected chi connectivity index (χ4v) is 6.35. The maximum Gasteiger partial charge on any atom is 0.348 e. The Morgan fingerprint density at radius 3 is 2.23 bits per heavy atom. The summed E-state index contributed by atoms with van der Waals surface area (Å²) < 4.78 is 22.6. The zero-order valence-electron chi connectivity index (χ0n) is 26.8. The molecule has 0 aliphatic heterocycles. The lowest BCUT2D eigenvalue weighted by Gasteiger charge is -2.12. The Morgan fingerprint density at radius 2 is 1.60 bits per heavy atom. The molecule has 2 heterocycles. The number of esters is 2. The van der Waals surface area contributed by atoms with E-state index in [0.29, 0.717) is 33.6 Å². The highest BCUT2D eigenvalue weighted by Gasteiger charge is 2.27. The van der Waals surface area contributed by atoms with Gasteiger partial charge in [0.2, 0.25) is 5.91 Å². The number of amides is 2. The number of hydrogen-bond donors (Lipinski definition) is 2. The van der Waals surface area contributed by atoms with Crippen molar-refractivity contribution in [2.75, 3.05) is 38.5 Å². The molecule has 0 atom stereocenters. The van der Waals surface area contributed by atoms with Gasteiger partial charge < -0.3 is 29.6 Å². The Hall–Kier alpha value is -4.89. The zero-order valence-corrected chi connectivity index (χ0v) is 28.4. The van der Waals surface area contributed by atoms with Crippen LogP contribution >= 0.6 is 23.1 Å². The molecule has 0 saturated carbocycles. The molecule has 2 N–H and O–H groups in total. The molecule has 2 aromatic carbocycles. The van der Waals surface area contributed by atoms with Crippen molar-refractivity contribution in [3.8, 4) is 17.2 Å². The minimum Gasteiger partial charge on any atom is -0.497 e. The molecule has 0 aliphatic rings. The monoisotopic (exact) mass is 681 g/mol. The van der Waals surface area contributed by atoms with E-state index in [1.807, 2.05) is 31.2 Å². The Balaban J connectivity index is 1.55. The molecule has 2 amide bonds. The fraction of sp³-hybridized carbons (Fsp3) is 0.312. The van der Waals surface area contributed by atoms with E-state index in [9.17, 15) is 19.2 Å². The second-order valence-corrected chi connectivity index (χ2v) is 11.9. The highest BCUT2D eigenvalue weighted by Crippen LogP contribution is 2.35. The number of hydrogen-bond acceptors (Lipinski definition) is 12. The smallest absolute Gasteiger partial charge is 0.348 e. The predicted octanol–water partition coefficient (Wildman–Crippen LogP) is 4.98. The first-order valence-corrected chi connectivity index (χ1v) is 16.3. The SMILES string of the molecule is CCOC(=O)c1sc(NC(=O)CSc2nnc(CNC(=O)c3cc(OC)cc(OC)c3)n2-c2cccc(C)c2)c(C(=O)OCC)c1C. The first kappa shape index (κ1) is 35.0. The average Bonchev–Trinajstić information content (AvgIpc) is 3.62. The van der Waals surface area contributed by atoms with E-state index in [-0.39, 0.29) is 46.9 Å². The normalized spacial score (nSPS) is 10.7. The van der Waals surface area contributed by atoms with Crippen molar-refractivity contribution in [3.05, 3.63) is 75.4 Å². The van der Waals surface area contributed by atoms with E-state index < -0.39 is 17.8 Å². The zero-order chi connectivity index (χ0) is 34.1. The molecule has 4 rings (SSSR count). The molecule has 0 spiro atoms. The van der Waals surface area contributed by atoms with Crippen LogP contribution in [0.25, 0.3) is 5.69 Å². The van der Waals surface area contributed by atoms with Gasteiger partial charge in [0.15, 0.2) is 11.0 Å². The third-order valence-electron chi connectivity index (χ3n) is 6.65. The predicted molar refractivity (Wildman–Crippen MR) is 177 cm³/mol. The van der Waals surface area contributed by atoms with Gasteiger partial charge in [0, 0.05) is 17.3 Å². The second kappa shape index (κ2) is 16.1. The van der Waals surface area contributed by atoms with Crippen LogP contribution in [0.15, 0.2) is 47.6 Å². The maximum atomic E-state index is 13.2. The van der Waals surface area contributed by atoms with Gasteiger partial charge in [-0.1, -0.05) is 23.9 Å². The molecule has 15 heteroatoms. The summed E-state index contributed by atoms with van der Waals surface area (Å²) in [5, 5.41) is 14.8. The van der Waals surface area contributed by atoms with Crippen molar-refractivity contribution in [3.63, 3.8) is 0 Å². The number of aryl methyl sites for hydroxylation is 1. The van der Waals surface area contributed by atoms with Crippen molar-refractivity contribution in [1.29, 1.82) is 0 Å². The molecule has 0 aliphatic carbocycles. The molecular formula is C32H35N5O8S2. The average molecular weight is 682 g/mol.